The number of hydrogen-bond acceptors (Lipinski definition) is 6. The Balaban J connectivity index is 2.64. The molecule has 0 fully saturated rings. The van der Waals surface area contributed by atoms with E-state index in [0.29, 0.717) is 12.2 Å². The largest absolute Gasteiger partial charge is 0.480 e. The Bertz CT molecular complexity index is 469. The first-order valence-corrected chi connectivity index (χ1v) is 7.16. The van der Waals surface area contributed by atoms with E-state index in [-0.39, 0.29) is 5.75 Å². The molecule has 20 heavy (non-hydrogen) atoms. The van der Waals surface area contributed by atoms with Crippen LogP contribution < -0.4 is 14.8 Å². The number of aliphatic carboxylic acids is 1. The predicted molar refractivity (Wildman–Crippen MR) is 81.1 cm³/mol. The first-order valence-electron chi connectivity index (χ1n) is 5.74. The topological polar surface area (TPSA) is 102 Å². The van der Waals surface area contributed by atoms with Crippen molar-refractivity contribution in [1.82, 2.24) is 4.34 Å². The number of halogens is 1. The van der Waals surface area contributed by atoms with Gasteiger partial charge in [0.05, 0.1) is 0 Å². The van der Waals surface area contributed by atoms with Gasteiger partial charge >= 0.3 is 11.9 Å². The van der Waals surface area contributed by atoms with Gasteiger partial charge in [0.25, 0.3) is 0 Å². The molecule has 0 saturated carbocycles. The average Bonchev–Trinajstić information content (AvgIpc) is 2.45. The van der Waals surface area contributed by atoms with Gasteiger partial charge in [0.15, 0.2) is 0 Å². The van der Waals surface area contributed by atoms with Crippen molar-refractivity contribution in [1.29, 1.82) is 0 Å². The third kappa shape index (κ3) is 5.12. The molecule has 0 saturated heterocycles. The second kappa shape index (κ2) is 8.25. The van der Waals surface area contributed by atoms with Crippen molar-refractivity contribution < 1.29 is 19.4 Å². The van der Waals surface area contributed by atoms with Crippen molar-refractivity contribution in [2.45, 2.75) is 18.5 Å². The lowest BCUT2D eigenvalue weighted by Gasteiger charge is -2.11. The molecule has 0 heterocycles. The van der Waals surface area contributed by atoms with Crippen LogP contribution >= 0.6 is 28.8 Å². The van der Waals surface area contributed by atoms with Crippen molar-refractivity contribution in [3.63, 3.8) is 0 Å². The minimum Gasteiger partial charge on any atom is -0.480 e. The average molecular weight is 363 g/mol. The van der Waals surface area contributed by atoms with Gasteiger partial charge in [0.1, 0.15) is 17.8 Å². The van der Waals surface area contributed by atoms with E-state index < -0.39 is 24.0 Å². The van der Waals surface area contributed by atoms with Crippen LogP contribution in [-0.4, -0.2) is 34.9 Å². The zero-order valence-electron chi connectivity index (χ0n) is 10.5. The smallest absolute Gasteiger partial charge is 0.329 e. The summed E-state index contributed by atoms with van der Waals surface area (Å²) in [7, 11) is 0. The zero-order valence-corrected chi connectivity index (χ0v) is 12.9. The molecular formula is C12H15BrN2O4S. The van der Waals surface area contributed by atoms with Gasteiger partial charge in [-0.15, -0.1) is 0 Å². The second-order valence-corrected chi connectivity index (χ2v) is 4.88. The van der Waals surface area contributed by atoms with E-state index in [4.69, 9.17) is 15.6 Å². The van der Waals surface area contributed by atoms with Crippen LogP contribution in [0.4, 0.5) is 0 Å². The van der Waals surface area contributed by atoms with Crippen LogP contribution in [0.2, 0.25) is 0 Å². The van der Waals surface area contributed by atoms with Gasteiger partial charge < -0.3 is 15.6 Å². The van der Waals surface area contributed by atoms with E-state index in [0.717, 1.165) is 5.56 Å². The molecule has 0 unspecified atom stereocenters. The van der Waals surface area contributed by atoms with E-state index in [1.807, 2.05) is 0 Å². The molecule has 1 rings (SSSR count). The first-order chi connectivity index (χ1) is 9.47. The number of nitrogens with two attached hydrogens (primary N) is 1. The number of carbonyl (C=O) groups excluding carboxylic acids is 1. The Morgan fingerprint density at radius 3 is 2.45 bits per heavy atom. The number of carboxylic acids is 1. The Morgan fingerprint density at radius 2 is 2.00 bits per heavy atom. The Hall–Kier alpha value is -1.09. The van der Waals surface area contributed by atoms with Crippen molar-refractivity contribution >= 4 is 40.7 Å². The molecule has 1 aromatic carbocycles. The number of hydrogen-bond donors (Lipinski definition) is 4. The fraction of sp³-hybridized carbons (Fsp3) is 0.333. The lowest BCUT2D eigenvalue weighted by molar-refractivity contribution is -0.139. The van der Waals surface area contributed by atoms with E-state index in [9.17, 15) is 9.59 Å². The number of esters is 1. The fourth-order valence-corrected chi connectivity index (χ4v) is 1.87. The summed E-state index contributed by atoms with van der Waals surface area (Å²) in [6, 6.07) is 5.05. The molecule has 0 bridgehead atoms. The molecule has 6 nitrogen and oxygen atoms in total. The molecule has 4 N–H and O–H groups in total. The van der Waals surface area contributed by atoms with Crippen LogP contribution in [0.25, 0.3) is 0 Å². The van der Waals surface area contributed by atoms with Gasteiger partial charge in [-0.2, -0.15) is 12.6 Å². The molecule has 0 radical (unpaired) electrons. The highest BCUT2D eigenvalue weighted by Crippen LogP contribution is 2.14. The molecule has 2 atom stereocenters. The minimum absolute atomic E-state index is 0.203. The molecule has 0 aliphatic heterocycles. The maximum Gasteiger partial charge on any atom is 0.329 e. The highest BCUT2D eigenvalue weighted by molar-refractivity contribution is 9.08. The summed E-state index contributed by atoms with van der Waals surface area (Å²) >= 11 is 6.84. The molecule has 110 valence electrons. The van der Waals surface area contributed by atoms with Crippen LogP contribution in [0.15, 0.2) is 24.3 Å². The summed E-state index contributed by atoms with van der Waals surface area (Å²) in [5.41, 5.74) is 6.28. The lowest BCUT2D eigenvalue weighted by atomic mass is 10.1. The molecule has 0 aromatic heterocycles. The van der Waals surface area contributed by atoms with Crippen LogP contribution in [0.1, 0.15) is 5.56 Å². The molecule has 1 aromatic rings. The summed E-state index contributed by atoms with van der Waals surface area (Å²) in [4.78, 5) is 22.3. The fourth-order valence-electron chi connectivity index (χ4n) is 1.37. The van der Waals surface area contributed by atoms with Crippen LogP contribution in [0.3, 0.4) is 0 Å². The number of ether oxygens (including phenoxy) is 1. The third-order valence-electron chi connectivity index (χ3n) is 2.51. The van der Waals surface area contributed by atoms with E-state index >= 15 is 0 Å². The zero-order chi connectivity index (χ0) is 15.1. The molecule has 0 aliphatic rings. The van der Waals surface area contributed by atoms with Crippen LogP contribution in [0, 0.1) is 0 Å². The minimum atomic E-state index is -0.961. The molecule has 8 heteroatoms. The number of nitrogens with one attached hydrogen (secondary N) is 1. The van der Waals surface area contributed by atoms with Gasteiger partial charge in [0.2, 0.25) is 0 Å². The number of thiol groups is 1. The monoisotopic (exact) mass is 362 g/mol. The van der Waals surface area contributed by atoms with Gasteiger partial charge in [-0.05, 0) is 24.1 Å². The quantitative estimate of drug-likeness (QED) is 0.247. The predicted octanol–water partition coefficient (Wildman–Crippen LogP) is 0.744. The molecule has 0 spiro atoms. The maximum atomic E-state index is 11.5. The molecular weight excluding hydrogens is 348 g/mol. The maximum absolute atomic E-state index is 11.5. The summed E-state index contributed by atoms with van der Waals surface area (Å²) in [5, 5.41) is 8.91. The van der Waals surface area contributed by atoms with E-state index in [1.54, 1.807) is 24.3 Å². The summed E-state index contributed by atoms with van der Waals surface area (Å²) in [5.74, 6) is -0.959. The van der Waals surface area contributed by atoms with Gasteiger partial charge in [0, 0.05) is 21.9 Å². The summed E-state index contributed by atoms with van der Waals surface area (Å²) < 4.78 is 7.57. The first kappa shape index (κ1) is 17.0. The highest BCUT2D eigenvalue weighted by atomic mass is 79.9. The normalized spacial score (nSPS) is 13.6. The Labute approximate surface area is 130 Å². The summed E-state index contributed by atoms with van der Waals surface area (Å²) in [6.07, 6.45) is 0.297. The van der Waals surface area contributed by atoms with Crippen LogP contribution in [0.5, 0.6) is 5.75 Å². The highest BCUT2D eigenvalue weighted by Gasteiger charge is 2.17. The van der Waals surface area contributed by atoms with Gasteiger partial charge in [-0.3, -0.25) is 4.79 Å². The Kier molecular flexibility index (Phi) is 7.00. The van der Waals surface area contributed by atoms with Gasteiger partial charge in [-0.1, -0.05) is 12.1 Å². The summed E-state index contributed by atoms with van der Waals surface area (Å²) in [6.45, 7) is 0. The van der Waals surface area contributed by atoms with Crippen molar-refractivity contribution in [3.8, 4) is 5.75 Å². The molecule has 0 amide bonds. The van der Waals surface area contributed by atoms with E-state index in [1.165, 1.54) is 0 Å². The van der Waals surface area contributed by atoms with Gasteiger partial charge in [-0.25, -0.2) is 9.14 Å². The van der Waals surface area contributed by atoms with Crippen molar-refractivity contribution in [2.24, 2.45) is 5.73 Å². The standard InChI is InChI=1S/C12H15BrN2O4S/c13-15-10(11(16)17)5-7-1-3-8(4-2-7)19-12(18)9(14)6-20/h1-4,9-10,15,20H,5-6,14H2,(H,16,17)/t9-,10-/m0/s1. The van der Waals surface area contributed by atoms with E-state index in [2.05, 4.69) is 33.1 Å². The molecule has 0 aliphatic carbocycles. The SMILES string of the molecule is N[C@@H](CS)C(=O)Oc1ccc(C[C@H](NBr)C(=O)O)cc1. The lowest BCUT2D eigenvalue weighted by Crippen LogP contribution is -2.35. The number of carbonyl (C=O) groups is 2. The van der Waals surface area contributed by atoms with Crippen LogP contribution in [-0.2, 0) is 16.0 Å². The number of carboxylic acid groups (broad SMARTS) is 1. The number of rotatable bonds is 7. The Morgan fingerprint density at radius 1 is 1.40 bits per heavy atom. The van der Waals surface area contributed by atoms with Crippen molar-refractivity contribution in [2.75, 3.05) is 5.75 Å². The third-order valence-corrected chi connectivity index (χ3v) is 3.46. The number of benzene rings is 1. The van der Waals surface area contributed by atoms with Crippen molar-refractivity contribution in [3.05, 3.63) is 29.8 Å². The second-order valence-electron chi connectivity index (χ2n) is 4.06.